The van der Waals surface area contributed by atoms with Crippen LogP contribution in [0.15, 0.2) is 18.2 Å². The lowest BCUT2D eigenvalue weighted by Crippen LogP contribution is -2.36. The topological polar surface area (TPSA) is 49.4 Å². The van der Waals surface area contributed by atoms with E-state index in [1.807, 2.05) is 24.0 Å². The molecule has 4 heteroatoms. The molecule has 0 radical (unpaired) electrons. The van der Waals surface area contributed by atoms with Crippen molar-refractivity contribution in [3.05, 3.63) is 29.3 Å². The van der Waals surface area contributed by atoms with Crippen molar-refractivity contribution in [3.8, 4) is 0 Å². The lowest BCUT2D eigenvalue weighted by Gasteiger charge is -2.25. The maximum absolute atomic E-state index is 11.5. The molecule has 0 heterocycles. The molecule has 0 aliphatic heterocycles. The van der Waals surface area contributed by atoms with Crippen molar-refractivity contribution in [2.75, 3.05) is 25.0 Å². The molecule has 0 aromatic heterocycles. The predicted molar refractivity (Wildman–Crippen MR) is 73.1 cm³/mol. The van der Waals surface area contributed by atoms with Crippen LogP contribution in [-0.2, 0) is 4.79 Å². The second kappa shape index (κ2) is 6.79. The van der Waals surface area contributed by atoms with E-state index in [9.17, 15) is 9.59 Å². The van der Waals surface area contributed by atoms with Crippen LogP contribution < -0.4 is 10.2 Å². The molecule has 0 aliphatic carbocycles. The first-order valence-corrected chi connectivity index (χ1v) is 6.13. The van der Waals surface area contributed by atoms with Gasteiger partial charge in [0.25, 0.3) is 0 Å². The van der Waals surface area contributed by atoms with Gasteiger partial charge >= 0.3 is 0 Å². The zero-order valence-corrected chi connectivity index (χ0v) is 11.2. The third-order valence-corrected chi connectivity index (χ3v) is 2.80. The maximum atomic E-state index is 11.5. The molecule has 1 aromatic carbocycles. The van der Waals surface area contributed by atoms with Gasteiger partial charge in [0.15, 0.2) is 0 Å². The molecule has 98 valence electrons. The van der Waals surface area contributed by atoms with Gasteiger partial charge in [0.2, 0.25) is 5.91 Å². The van der Waals surface area contributed by atoms with Crippen molar-refractivity contribution in [1.82, 2.24) is 5.32 Å². The molecule has 0 saturated carbocycles. The fourth-order valence-corrected chi connectivity index (χ4v) is 1.91. The maximum Gasteiger partial charge on any atom is 0.239 e. The van der Waals surface area contributed by atoms with Crippen LogP contribution in [0.5, 0.6) is 0 Å². The summed E-state index contributed by atoms with van der Waals surface area (Å²) in [5.41, 5.74) is 2.68. The number of aryl methyl sites for hydroxylation is 1. The second-order valence-corrected chi connectivity index (χ2v) is 4.26. The van der Waals surface area contributed by atoms with Crippen LogP contribution in [0, 0.1) is 6.92 Å². The first-order valence-electron chi connectivity index (χ1n) is 6.13. The molecule has 0 bridgehead atoms. The highest BCUT2D eigenvalue weighted by Crippen LogP contribution is 2.21. The molecule has 0 aliphatic rings. The Morgan fingerprint density at radius 2 is 2.17 bits per heavy atom. The second-order valence-electron chi connectivity index (χ2n) is 4.26. The highest BCUT2D eigenvalue weighted by Gasteiger charge is 2.12. The lowest BCUT2D eigenvalue weighted by molar-refractivity contribution is -0.119. The minimum Gasteiger partial charge on any atom is -0.362 e. The average Bonchev–Trinajstić information content (AvgIpc) is 2.38. The monoisotopic (exact) mass is 248 g/mol. The summed E-state index contributed by atoms with van der Waals surface area (Å²) in [6, 6.07) is 5.52. The Morgan fingerprint density at radius 1 is 1.44 bits per heavy atom. The zero-order valence-electron chi connectivity index (χ0n) is 11.2. The Hall–Kier alpha value is -1.84. The standard InChI is InChI=1S/C14H20N2O2/c1-4-7-16(9-14(18)15-3)13-6-5-12(10-17)8-11(13)2/h5-6,8,10H,4,7,9H2,1-3H3,(H,15,18). The molecule has 1 aromatic rings. The first-order chi connectivity index (χ1) is 8.62. The molecular formula is C14H20N2O2. The van der Waals surface area contributed by atoms with Crippen molar-refractivity contribution < 1.29 is 9.59 Å². The number of carbonyl (C=O) groups excluding carboxylic acids is 2. The fourth-order valence-electron chi connectivity index (χ4n) is 1.91. The summed E-state index contributed by atoms with van der Waals surface area (Å²) < 4.78 is 0. The molecule has 1 amide bonds. The highest BCUT2D eigenvalue weighted by molar-refractivity contribution is 5.82. The highest BCUT2D eigenvalue weighted by atomic mass is 16.1. The summed E-state index contributed by atoms with van der Waals surface area (Å²) in [6.07, 6.45) is 1.80. The van der Waals surface area contributed by atoms with Gasteiger partial charge in [-0.25, -0.2) is 0 Å². The Morgan fingerprint density at radius 3 is 2.67 bits per heavy atom. The van der Waals surface area contributed by atoms with Crippen molar-refractivity contribution >= 4 is 17.9 Å². The van der Waals surface area contributed by atoms with Crippen molar-refractivity contribution in [2.45, 2.75) is 20.3 Å². The van der Waals surface area contributed by atoms with E-state index in [-0.39, 0.29) is 5.91 Å². The minimum atomic E-state index is -0.0117. The van der Waals surface area contributed by atoms with Crippen LogP contribution in [0.3, 0.4) is 0 Å². The van der Waals surface area contributed by atoms with Crippen LogP contribution >= 0.6 is 0 Å². The summed E-state index contributed by atoms with van der Waals surface area (Å²) in [5.74, 6) is -0.0117. The summed E-state index contributed by atoms with van der Waals surface area (Å²) in [5, 5.41) is 2.63. The van der Waals surface area contributed by atoms with Gasteiger partial charge in [-0.1, -0.05) is 6.92 Å². The number of rotatable bonds is 6. The van der Waals surface area contributed by atoms with Gasteiger partial charge in [0.1, 0.15) is 6.29 Å². The fraction of sp³-hybridized carbons (Fsp3) is 0.429. The number of nitrogens with zero attached hydrogens (tertiary/aromatic N) is 1. The molecule has 1 rings (SSSR count). The third kappa shape index (κ3) is 3.58. The van der Waals surface area contributed by atoms with E-state index in [4.69, 9.17) is 0 Å². The first kappa shape index (κ1) is 14.2. The van der Waals surface area contributed by atoms with E-state index < -0.39 is 0 Å². The number of benzene rings is 1. The molecular weight excluding hydrogens is 228 g/mol. The number of aldehydes is 1. The number of anilines is 1. The summed E-state index contributed by atoms with van der Waals surface area (Å²) in [6.45, 7) is 5.18. The minimum absolute atomic E-state index is 0.0117. The Labute approximate surface area is 108 Å². The van der Waals surface area contributed by atoms with E-state index >= 15 is 0 Å². The molecule has 18 heavy (non-hydrogen) atoms. The van der Waals surface area contributed by atoms with Gasteiger partial charge in [0, 0.05) is 24.8 Å². The smallest absolute Gasteiger partial charge is 0.239 e. The van der Waals surface area contributed by atoms with Crippen molar-refractivity contribution in [1.29, 1.82) is 0 Å². The largest absolute Gasteiger partial charge is 0.362 e. The molecule has 1 N–H and O–H groups in total. The molecule has 0 spiro atoms. The lowest BCUT2D eigenvalue weighted by atomic mass is 10.1. The molecule has 4 nitrogen and oxygen atoms in total. The van der Waals surface area contributed by atoms with Crippen molar-refractivity contribution in [2.24, 2.45) is 0 Å². The SMILES string of the molecule is CCCN(CC(=O)NC)c1ccc(C=O)cc1C. The molecule has 0 atom stereocenters. The third-order valence-electron chi connectivity index (χ3n) is 2.80. The summed E-state index contributed by atoms with van der Waals surface area (Å²) in [4.78, 5) is 24.2. The molecule has 0 unspecified atom stereocenters. The van der Waals surface area contributed by atoms with Crippen LogP contribution in [0.25, 0.3) is 0 Å². The summed E-state index contributed by atoms with van der Waals surface area (Å²) >= 11 is 0. The van der Waals surface area contributed by atoms with E-state index in [2.05, 4.69) is 12.2 Å². The van der Waals surface area contributed by atoms with Gasteiger partial charge in [-0.15, -0.1) is 0 Å². The van der Waals surface area contributed by atoms with Gasteiger partial charge in [-0.3, -0.25) is 9.59 Å². The normalized spacial score (nSPS) is 9.94. The van der Waals surface area contributed by atoms with Crippen molar-refractivity contribution in [3.63, 3.8) is 0 Å². The quantitative estimate of drug-likeness (QED) is 0.781. The number of nitrogens with one attached hydrogen (secondary N) is 1. The predicted octanol–water partition coefficient (Wildman–Crippen LogP) is 1.77. The van der Waals surface area contributed by atoms with E-state index in [1.54, 1.807) is 13.1 Å². The Balaban J connectivity index is 2.97. The van der Waals surface area contributed by atoms with Crippen LogP contribution in [-0.4, -0.2) is 32.3 Å². The molecule has 0 saturated heterocycles. The zero-order chi connectivity index (χ0) is 13.5. The van der Waals surface area contributed by atoms with Crippen LogP contribution in [0.4, 0.5) is 5.69 Å². The van der Waals surface area contributed by atoms with E-state index in [0.717, 1.165) is 30.5 Å². The van der Waals surface area contributed by atoms with Gasteiger partial charge in [-0.2, -0.15) is 0 Å². The average molecular weight is 248 g/mol. The van der Waals surface area contributed by atoms with Crippen LogP contribution in [0.1, 0.15) is 29.3 Å². The van der Waals surface area contributed by atoms with E-state index in [1.165, 1.54) is 0 Å². The van der Waals surface area contributed by atoms with Gasteiger partial charge in [0.05, 0.1) is 6.54 Å². The Kier molecular flexibility index (Phi) is 5.36. The number of hydrogen-bond acceptors (Lipinski definition) is 3. The number of carbonyl (C=O) groups is 2. The molecule has 0 fully saturated rings. The number of amides is 1. The van der Waals surface area contributed by atoms with Gasteiger partial charge < -0.3 is 10.2 Å². The van der Waals surface area contributed by atoms with Gasteiger partial charge in [-0.05, 0) is 37.1 Å². The number of likely N-dealkylation sites (N-methyl/N-ethyl adjacent to an activating group) is 1. The summed E-state index contributed by atoms with van der Waals surface area (Å²) in [7, 11) is 1.63. The van der Waals surface area contributed by atoms with Crippen LogP contribution in [0.2, 0.25) is 0 Å². The Bertz CT molecular complexity index is 430. The van der Waals surface area contributed by atoms with E-state index in [0.29, 0.717) is 12.1 Å². The number of hydrogen-bond donors (Lipinski definition) is 1.